The SMILES string of the molecule is CC(C)C[C@H](C#N)[C@@H](O)c1ccccc1. The van der Waals surface area contributed by atoms with Gasteiger partial charge in [-0.05, 0) is 17.9 Å². The molecule has 2 heteroatoms. The fourth-order valence-corrected chi connectivity index (χ4v) is 1.64. The normalized spacial score (nSPS) is 14.6. The second-order valence-electron chi connectivity index (χ2n) is 4.22. The number of rotatable bonds is 4. The molecule has 15 heavy (non-hydrogen) atoms. The Bertz CT molecular complexity index is 326. The fourth-order valence-electron chi connectivity index (χ4n) is 1.64. The van der Waals surface area contributed by atoms with Crippen molar-refractivity contribution in [2.24, 2.45) is 11.8 Å². The molecular formula is C13H17NO. The molecule has 0 aromatic heterocycles. The minimum absolute atomic E-state index is 0.313. The van der Waals surface area contributed by atoms with E-state index >= 15 is 0 Å². The summed E-state index contributed by atoms with van der Waals surface area (Å²) in [5.41, 5.74) is 0.824. The quantitative estimate of drug-likeness (QED) is 0.817. The Morgan fingerprint density at radius 1 is 1.27 bits per heavy atom. The van der Waals surface area contributed by atoms with Crippen LogP contribution in [0.1, 0.15) is 31.9 Å². The summed E-state index contributed by atoms with van der Waals surface area (Å²) in [6, 6.07) is 11.6. The first-order valence-electron chi connectivity index (χ1n) is 5.27. The van der Waals surface area contributed by atoms with Crippen LogP contribution < -0.4 is 0 Å². The smallest absolute Gasteiger partial charge is 0.0948 e. The number of nitrogens with zero attached hydrogens (tertiary/aromatic N) is 1. The van der Waals surface area contributed by atoms with Crippen molar-refractivity contribution in [1.29, 1.82) is 5.26 Å². The van der Waals surface area contributed by atoms with Crippen molar-refractivity contribution in [2.75, 3.05) is 0 Å². The highest BCUT2D eigenvalue weighted by molar-refractivity contribution is 5.19. The minimum atomic E-state index is -0.668. The summed E-state index contributed by atoms with van der Waals surface area (Å²) in [6.07, 6.45) is 0.0608. The van der Waals surface area contributed by atoms with Crippen LogP contribution in [0.2, 0.25) is 0 Å². The summed E-state index contributed by atoms with van der Waals surface area (Å²) < 4.78 is 0. The van der Waals surface area contributed by atoms with Crippen molar-refractivity contribution in [3.63, 3.8) is 0 Å². The molecule has 1 N–H and O–H groups in total. The van der Waals surface area contributed by atoms with E-state index in [4.69, 9.17) is 5.26 Å². The highest BCUT2D eigenvalue weighted by Gasteiger charge is 2.21. The summed E-state index contributed by atoms with van der Waals surface area (Å²) >= 11 is 0. The van der Waals surface area contributed by atoms with Gasteiger partial charge in [-0.15, -0.1) is 0 Å². The van der Waals surface area contributed by atoms with Crippen molar-refractivity contribution in [3.05, 3.63) is 35.9 Å². The largest absolute Gasteiger partial charge is 0.387 e. The molecule has 80 valence electrons. The Hall–Kier alpha value is -1.33. The fraction of sp³-hybridized carbons (Fsp3) is 0.462. The Kier molecular flexibility index (Phi) is 4.33. The molecule has 0 spiro atoms. The van der Waals surface area contributed by atoms with Gasteiger partial charge >= 0.3 is 0 Å². The van der Waals surface area contributed by atoms with Crippen LogP contribution in [0.3, 0.4) is 0 Å². The van der Waals surface area contributed by atoms with Crippen LogP contribution in [-0.4, -0.2) is 5.11 Å². The molecule has 0 fully saturated rings. The summed E-state index contributed by atoms with van der Waals surface area (Å²) in [7, 11) is 0. The molecule has 0 unspecified atom stereocenters. The van der Waals surface area contributed by atoms with E-state index in [1.807, 2.05) is 30.3 Å². The van der Waals surface area contributed by atoms with Crippen LogP contribution in [0.25, 0.3) is 0 Å². The third-order valence-corrected chi connectivity index (χ3v) is 2.41. The zero-order chi connectivity index (χ0) is 11.3. The average Bonchev–Trinajstić information content (AvgIpc) is 2.26. The molecule has 0 aliphatic rings. The topological polar surface area (TPSA) is 44.0 Å². The van der Waals surface area contributed by atoms with Gasteiger partial charge in [0.2, 0.25) is 0 Å². The number of aliphatic hydroxyl groups is 1. The lowest BCUT2D eigenvalue weighted by Gasteiger charge is -2.18. The average molecular weight is 203 g/mol. The Morgan fingerprint density at radius 3 is 2.33 bits per heavy atom. The van der Waals surface area contributed by atoms with Gasteiger partial charge in [-0.25, -0.2) is 0 Å². The van der Waals surface area contributed by atoms with Crippen molar-refractivity contribution < 1.29 is 5.11 Å². The van der Waals surface area contributed by atoms with Crippen LogP contribution in [-0.2, 0) is 0 Å². The van der Waals surface area contributed by atoms with E-state index in [1.54, 1.807) is 0 Å². The maximum absolute atomic E-state index is 10.0. The Morgan fingerprint density at radius 2 is 1.87 bits per heavy atom. The predicted molar refractivity (Wildman–Crippen MR) is 60.0 cm³/mol. The Labute approximate surface area is 91.2 Å². The van der Waals surface area contributed by atoms with E-state index in [1.165, 1.54) is 0 Å². The molecule has 0 saturated heterocycles. The van der Waals surface area contributed by atoms with Gasteiger partial charge < -0.3 is 5.11 Å². The molecule has 1 rings (SSSR count). The standard InChI is InChI=1S/C13H17NO/c1-10(2)8-12(9-14)13(15)11-6-4-3-5-7-11/h3-7,10,12-13,15H,8H2,1-2H3/t12-,13+/m1/s1. The lowest BCUT2D eigenvalue weighted by Crippen LogP contribution is -2.13. The summed E-state index contributed by atoms with van der Waals surface area (Å²) in [5, 5.41) is 19.0. The van der Waals surface area contributed by atoms with Gasteiger partial charge in [0, 0.05) is 0 Å². The molecule has 1 aromatic rings. The first-order chi connectivity index (χ1) is 7.15. The molecule has 0 saturated carbocycles. The van der Waals surface area contributed by atoms with Crippen LogP contribution in [0.5, 0.6) is 0 Å². The lowest BCUT2D eigenvalue weighted by molar-refractivity contribution is 0.123. The van der Waals surface area contributed by atoms with Gasteiger partial charge in [0.1, 0.15) is 0 Å². The molecule has 2 atom stereocenters. The van der Waals surface area contributed by atoms with Gasteiger partial charge in [0.25, 0.3) is 0 Å². The van der Waals surface area contributed by atoms with Gasteiger partial charge in [0.05, 0.1) is 18.1 Å². The number of aliphatic hydroxyl groups excluding tert-OH is 1. The molecule has 2 nitrogen and oxygen atoms in total. The van der Waals surface area contributed by atoms with E-state index in [0.717, 1.165) is 12.0 Å². The molecular weight excluding hydrogens is 186 g/mol. The molecule has 0 bridgehead atoms. The van der Waals surface area contributed by atoms with E-state index in [9.17, 15) is 5.11 Å². The molecule has 1 aromatic carbocycles. The number of benzene rings is 1. The molecule has 0 heterocycles. The highest BCUT2D eigenvalue weighted by atomic mass is 16.3. The first kappa shape index (κ1) is 11.7. The highest BCUT2D eigenvalue weighted by Crippen LogP contribution is 2.26. The minimum Gasteiger partial charge on any atom is -0.387 e. The van der Waals surface area contributed by atoms with E-state index < -0.39 is 6.10 Å². The zero-order valence-corrected chi connectivity index (χ0v) is 9.22. The first-order valence-corrected chi connectivity index (χ1v) is 5.27. The summed E-state index contributed by atoms with van der Waals surface area (Å²) in [6.45, 7) is 4.12. The number of hydrogen-bond acceptors (Lipinski definition) is 2. The third-order valence-electron chi connectivity index (χ3n) is 2.41. The summed E-state index contributed by atoms with van der Waals surface area (Å²) in [4.78, 5) is 0. The lowest BCUT2D eigenvalue weighted by atomic mass is 9.89. The van der Waals surface area contributed by atoms with Gasteiger partial charge in [-0.1, -0.05) is 44.2 Å². The molecule has 0 radical (unpaired) electrons. The van der Waals surface area contributed by atoms with E-state index in [2.05, 4.69) is 19.9 Å². The van der Waals surface area contributed by atoms with Crippen molar-refractivity contribution in [1.82, 2.24) is 0 Å². The van der Waals surface area contributed by atoms with Gasteiger partial charge in [-0.2, -0.15) is 5.26 Å². The Balaban J connectivity index is 2.74. The number of hydrogen-bond donors (Lipinski definition) is 1. The molecule has 0 aliphatic heterocycles. The third kappa shape index (κ3) is 3.38. The maximum atomic E-state index is 10.0. The van der Waals surface area contributed by atoms with Crippen molar-refractivity contribution in [3.8, 4) is 6.07 Å². The predicted octanol–water partition coefficient (Wildman–Crippen LogP) is 2.91. The monoisotopic (exact) mass is 203 g/mol. The molecule has 0 aliphatic carbocycles. The van der Waals surface area contributed by atoms with Crippen LogP contribution in [0.15, 0.2) is 30.3 Å². The second-order valence-corrected chi connectivity index (χ2v) is 4.22. The maximum Gasteiger partial charge on any atom is 0.0948 e. The van der Waals surface area contributed by atoms with Crippen LogP contribution >= 0.6 is 0 Å². The van der Waals surface area contributed by atoms with Crippen LogP contribution in [0.4, 0.5) is 0 Å². The van der Waals surface area contributed by atoms with Crippen LogP contribution in [0, 0.1) is 23.2 Å². The number of nitriles is 1. The van der Waals surface area contributed by atoms with E-state index in [-0.39, 0.29) is 5.92 Å². The zero-order valence-electron chi connectivity index (χ0n) is 9.22. The van der Waals surface area contributed by atoms with Gasteiger partial charge in [-0.3, -0.25) is 0 Å². The summed E-state index contributed by atoms with van der Waals surface area (Å²) in [5.74, 6) is 0.111. The second kappa shape index (κ2) is 5.53. The molecule has 0 amide bonds. The van der Waals surface area contributed by atoms with Crippen molar-refractivity contribution in [2.45, 2.75) is 26.4 Å². The van der Waals surface area contributed by atoms with Crippen molar-refractivity contribution >= 4 is 0 Å². The van der Waals surface area contributed by atoms with E-state index in [0.29, 0.717) is 5.92 Å². The van der Waals surface area contributed by atoms with Gasteiger partial charge in [0.15, 0.2) is 0 Å².